The largest absolute Gasteiger partial charge is 0.337 e. The van der Waals surface area contributed by atoms with E-state index in [-0.39, 0.29) is 5.91 Å². The number of nitrogens with zero attached hydrogens (tertiary/aromatic N) is 3. The maximum Gasteiger partial charge on any atom is 0.274 e. The van der Waals surface area contributed by atoms with Gasteiger partial charge in [0.05, 0.1) is 0 Å². The number of nitrogens with one attached hydrogen (secondary N) is 1. The molecule has 1 aromatic heterocycles. The number of amides is 1. The Balaban J connectivity index is 2.08. The minimum absolute atomic E-state index is 0.0552. The van der Waals surface area contributed by atoms with E-state index in [2.05, 4.69) is 22.5 Å². The number of anilines is 1. The van der Waals surface area contributed by atoms with Gasteiger partial charge in [0.15, 0.2) is 11.5 Å². The van der Waals surface area contributed by atoms with Gasteiger partial charge in [-0.2, -0.15) is 0 Å². The molecule has 6 nitrogen and oxygen atoms in total. The van der Waals surface area contributed by atoms with Crippen LogP contribution in [-0.4, -0.2) is 34.1 Å². The van der Waals surface area contributed by atoms with Gasteiger partial charge in [0.2, 0.25) is 0 Å². The third-order valence-corrected chi connectivity index (χ3v) is 2.74. The van der Waals surface area contributed by atoms with E-state index in [0.29, 0.717) is 17.4 Å². The van der Waals surface area contributed by atoms with Crippen LogP contribution in [0.25, 0.3) is 0 Å². The number of nitrogen functional groups attached to an aromatic ring is 1. The summed E-state index contributed by atoms with van der Waals surface area (Å²) in [6.07, 6.45) is 1.06. The maximum atomic E-state index is 12.0. The normalized spacial score (nSPS) is 19.9. The summed E-state index contributed by atoms with van der Waals surface area (Å²) in [5.74, 6) is 6.13. The Kier molecular flexibility index (Phi) is 3.00. The second-order valence-electron chi connectivity index (χ2n) is 4.09. The first kappa shape index (κ1) is 10.8. The van der Waals surface area contributed by atoms with Crippen LogP contribution in [0.1, 0.15) is 23.8 Å². The Morgan fingerprint density at radius 2 is 2.38 bits per heavy atom. The number of rotatable bonds is 2. The fourth-order valence-electron chi connectivity index (χ4n) is 1.80. The molecule has 3 N–H and O–H groups in total. The van der Waals surface area contributed by atoms with E-state index >= 15 is 0 Å². The van der Waals surface area contributed by atoms with E-state index in [0.717, 1.165) is 19.5 Å². The SMILES string of the molecule is CC1CCN(C(=O)c2ccc(NN)nn2)C1. The second-order valence-corrected chi connectivity index (χ2v) is 4.09. The lowest BCUT2D eigenvalue weighted by molar-refractivity contribution is 0.0781. The molecule has 16 heavy (non-hydrogen) atoms. The number of aromatic nitrogens is 2. The highest BCUT2D eigenvalue weighted by molar-refractivity contribution is 5.92. The molecule has 1 aliphatic heterocycles. The molecular weight excluding hydrogens is 206 g/mol. The molecule has 6 heteroatoms. The third kappa shape index (κ3) is 2.11. The monoisotopic (exact) mass is 221 g/mol. The van der Waals surface area contributed by atoms with Crippen molar-refractivity contribution in [3.63, 3.8) is 0 Å². The van der Waals surface area contributed by atoms with Crippen molar-refractivity contribution in [1.29, 1.82) is 0 Å². The standard InChI is InChI=1S/C10H15N5O/c1-7-4-5-15(6-7)10(16)8-2-3-9(12-11)14-13-8/h2-3,7H,4-6,11H2,1H3,(H,12,14). The molecule has 1 aromatic rings. The quantitative estimate of drug-likeness (QED) is 0.552. The Morgan fingerprint density at radius 1 is 1.56 bits per heavy atom. The average Bonchev–Trinajstić information content (AvgIpc) is 2.75. The van der Waals surface area contributed by atoms with Gasteiger partial charge in [-0.05, 0) is 24.5 Å². The molecule has 1 amide bonds. The van der Waals surface area contributed by atoms with Crippen LogP contribution in [0.2, 0.25) is 0 Å². The lowest BCUT2D eigenvalue weighted by atomic mass is 10.2. The molecule has 1 fully saturated rings. The lowest BCUT2D eigenvalue weighted by Gasteiger charge is -2.14. The minimum Gasteiger partial charge on any atom is -0.337 e. The summed E-state index contributed by atoms with van der Waals surface area (Å²) in [6.45, 7) is 3.75. The molecule has 1 unspecified atom stereocenters. The third-order valence-electron chi connectivity index (χ3n) is 2.74. The van der Waals surface area contributed by atoms with E-state index < -0.39 is 0 Å². The van der Waals surface area contributed by atoms with Crippen molar-refractivity contribution in [3.8, 4) is 0 Å². The first-order valence-corrected chi connectivity index (χ1v) is 5.30. The number of nitrogens with two attached hydrogens (primary N) is 1. The van der Waals surface area contributed by atoms with Crippen molar-refractivity contribution < 1.29 is 4.79 Å². The average molecular weight is 221 g/mol. The van der Waals surface area contributed by atoms with Gasteiger partial charge in [-0.25, -0.2) is 5.84 Å². The molecular formula is C10H15N5O. The predicted octanol–water partition coefficient (Wildman–Crippen LogP) is 0.244. The maximum absolute atomic E-state index is 12.0. The fraction of sp³-hybridized carbons (Fsp3) is 0.500. The highest BCUT2D eigenvalue weighted by Gasteiger charge is 2.25. The van der Waals surface area contributed by atoms with Crippen LogP contribution < -0.4 is 11.3 Å². The van der Waals surface area contributed by atoms with Crippen LogP contribution in [-0.2, 0) is 0 Å². The van der Waals surface area contributed by atoms with Crippen molar-refractivity contribution in [3.05, 3.63) is 17.8 Å². The number of hydrazine groups is 1. The number of carbonyl (C=O) groups excluding carboxylic acids is 1. The molecule has 1 saturated heterocycles. The number of hydrogen-bond donors (Lipinski definition) is 2. The van der Waals surface area contributed by atoms with Gasteiger partial charge in [0.1, 0.15) is 0 Å². The Morgan fingerprint density at radius 3 is 2.88 bits per heavy atom. The Bertz CT molecular complexity index is 377. The molecule has 0 radical (unpaired) electrons. The summed E-state index contributed by atoms with van der Waals surface area (Å²) in [5, 5.41) is 7.61. The predicted molar refractivity (Wildman–Crippen MR) is 59.5 cm³/mol. The summed E-state index contributed by atoms with van der Waals surface area (Å²) in [6, 6.07) is 3.27. The summed E-state index contributed by atoms with van der Waals surface area (Å²) in [7, 11) is 0. The topological polar surface area (TPSA) is 84.1 Å². The molecule has 2 heterocycles. The zero-order valence-corrected chi connectivity index (χ0v) is 9.18. The molecule has 0 aromatic carbocycles. The molecule has 2 rings (SSSR count). The first-order valence-electron chi connectivity index (χ1n) is 5.30. The van der Waals surface area contributed by atoms with Gasteiger partial charge >= 0.3 is 0 Å². The highest BCUT2D eigenvalue weighted by Crippen LogP contribution is 2.17. The molecule has 0 aliphatic carbocycles. The van der Waals surface area contributed by atoms with Gasteiger partial charge < -0.3 is 10.3 Å². The van der Waals surface area contributed by atoms with Crippen molar-refractivity contribution in [2.75, 3.05) is 18.5 Å². The number of carbonyl (C=O) groups is 1. The van der Waals surface area contributed by atoms with Crippen LogP contribution in [0, 0.1) is 5.92 Å². The Labute approximate surface area is 93.8 Å². The number of hydrogen-bond acceptors (Lipinski definition) is 5. The molecule has 0 saturated carbocycles. The molecule has 86 valence electrons. The van der Waals surface area contributed by atoms with Crippen molar-refractivity contribution in [1.82, 2.24) is 15.1 Å². The van der Waals surface area contributed by atoms with Gasteiger partial charge in [0, 0.05) is 13.1 Å². The van der Waals surface area contributed by atoms with Gasteiger partial charge in [-0.3, -0.25) is 4.79 Å². The highest BCUT2D eigenvalue weighted by atomic mass is 16.2. The zero-order chi connectivity index (χ0) is 11.5. The molecule has 1 aliphatic rings. The van der Waals surface area contributed by atoms with E-state index in [4.69, 9.17) is 5.84 Å². The Hall–Kier alpha value is -1.69. The summed E-state index contributed by atoms with van der Waals surface area (Å²) < 4.78 is 0. The smallest absolute Gasteiger partial charge is 0.274 e. The second kappa shape index (κ2) is 4.44. The van der Waals surface area contributed by atoms with E-state index in [1.165, 1.54) is 0 Å². The van der Waals surface area contributed by atoms with Crippen LogP contribution in [0.3, 0.4) is 0 Å². The summed E-state index contributed by atoms with van der Waals surface area (Å²) in [5.41, 5.74) is 2.74. The minimum atomic E-state index is -0.0552. The van der Waals surface area contributed by atoms with Crippen LogP contribution in [0.4, 0.5) is 5.82 Å². The van der Waals surface area contributed by atoms with Gasteiger partial charge in [-0.1, -0.05) is 6.92 Å². The zero-order valence-electron chi connectivity index (χ0n) is 9.18. The molecule has 0 spiro atoms. The molecule has 0 bridgehead atoms. The lowest BCUT2D eigenvalue weighted by Crippen LogP contribution is -2.29. The number of likely N-dealkylation sites (tertiary alicyclic amines) is 1. The molecule has 1 atom stereocenters. The summed E-state index contributed by atoms with van der Waals surface area (Å²) >= 11 is 0. The van der Waals surface area contributed by atoms with E-state index in [1.54, 1.807) is 12.1 Å². The van der Waals surface area contributed by atoms with Crippen LogP contribution in [0.15, 0.2) is 12.1 Å². The first-order chi connectivity index (χ1) is 7.70. The fourth-order valence-corrected chi connectivity index (χ4v) is 1.80. The summed E-state index contributed by atoms with van der Waals surface area (Å²) in [4.78, 5) is 13.8. The van der Waals surface area contributed by atoms with Crippen molar-refractivity contribution >= 4 is 11.7 Å². The van der Waals surface area contributed by atoms with Crippen LogP contribution >= 0.6 is 0 Å². The van der Waals surface area contributed by atoms with Gasteiger partial charge in [-0.15, -0.1) is 10.2 Å². The van der Waals surface area contributed by atoms with E-state index in [9.17, 15) is 4.79 Å². The van der Waals surface area contributed by atoms with Crippen molar-refractivity contribution in [2.45, 2.75) is 13.3 Å². The van der Waals surface area contributed by atoms with Crippen LogP contribution in [0.5, 0.6) is 0 Å². The van der Waals surface area contributed by atoms with Gasteiger partial charge in [0.25, 0.3) is 5.91 Å². The van der Waals surface area contributed by atoms with E-state index in [1.807, 2.05) is 4.90 Å². The van der Waals surface area contributed by atoms with Crippen molar-refractivity contribution in [2.24, 2.45) is 11.8 Å².